The number of rotatable bonds is 3. The Balaban J connectivity index is 2.42. The Bertz CT molecular complexity index is 809. The lowest BCUT2D eigenvalue weighted by molar-refractivity contribution is 0.601. The summed E-state index contributed by atoms with van der Waals surface area (Å²) in [5.74, 6) is 0. The summed E-state index contributed by atoms with van der Waals surface area (Å²) >= 11 is 23.4. The fraction of sp³-hybridized carbons (Fsp3) is 0.0833. The molecule has 0 amide bonds. The summed E-state index contributed by atoms with van der Waals surface area (Å²) < 4.78 is 26.8. The second kappa shape index (κ2) is 6.18. The Morgan fingerprint density at radius 2 is 1.67 bits per heavy atom. The van der Waals surface area contributed by atoms with E-state index in [0.717, 1.165) is 11.8 Å². The Morgan fingerprint density at radius 3 is 2.29 bits per heavy atom. The second-order valence-electron chi connectivity index (χ2n) is 4.13. The van der Waals surface area contributed by atoms with Crippen LogP contribution in [0, 0.1) is 6.92 Å². The van der Waals surface area contributed by atoms with Crippen molar-refractivity contribution in [2.45, 2.75) is 11.8 Å². The number of hydrogen-bond acceptors (Lipinski definition) is 3. The van der Waals surface area contributed by atoms with E-state index in [0.29, 0.717) is 5.02 Å². The molecule has 0 unspecified atom stereocenters. The molecule has 2 aromatic rings. The number of aromatic nitrogens is 1. The van der Waals surface area contributed by atoms with Gasteiger partial charge in [-0.3, -0.25) is 4.72 Å². The number of pyridine rings is 1. The lowest BCUT2D eigenvalue weighted by Crippen LogP contribution is -2.13. The van der Waals surface area contributed by atoms with Crippen LogP contribution in [0.25, 0.3) is 0 Å². The number of sulfonamides is 1. The van der Waals surface area contributed by atoms with Crippen molar-refractivity contribution in [3.8, 4) is 0 Å². The Morgan fingerprint density at radius 1 is 1.00 bits per heavy atom. The first-order chi connectivity index (χ1) is 9.70. The highest BCUT2D eigenvalue weighted by Crippen LogP contribution is 2.31. The van der Waals surface area contributed by atoms with E-state index < -0.39 is 10.0 Å². The SMILES string of the molecule is Cc1cc(Cl)c(NS(=O)(=O)c2cnc(Cl)c(Cl)c2)cc1Cl. The minimum absolute atomic E-state index is 0.0204. The molecule has 1 N–H and O–H groups in total. The maximum absolute atomic E-state index is 12.3. The summed E-state index contributed by atoms with van der Waals surface area (Å²) in [5.41, 5.74) is 0.902. The molecule has 1 aromatic heterocycles. The van der Waals surface area contributed by atoms with Crippen molar-refractivity contribution in [1.29, 1.82) is 0 Å². The standard InChI is InChI=1S/C12H8Cl4N2O2S/c1-6-2-9(14)11(4-8(6)13)18-21(19,20)7-3-10(15)12(16)17-5-7/h2-5,18H,1H3. The molecule has 9 heteroatoms. The molecule has 0 aliphatic rings. The molecule has 112 valence electrons. The maximum Gasteiger partial charge on any atom is 0.263 e. The van der Waals surface area contributed by atoms with Gasteiger partial charge in [-0.15, -0.1) is 0 Å². The van der Waals surface area contributed by atoms with Gasteiger partial charge in [0, 0.05) is 11.2 Å². The number of hydrogen-bond donors (Lipinski definition) is 1. The first-order valence-electron chi connectivity index (χ1n) is 5.50. The monoisotopic (exact) mass is 384 g/mol. The molecular formula is C12H8Cl4N2O2S. The number of anilines is 1. The molecule has 2 rings (SSSR count). The molecular weight excluding hydrogens is 378 g/mol. The molecule has 1 heterocycles. The van der Waals surface area contributed by atoms with Gasteiger partial charge in [-0.05, 0) is 30.7 Å². The topological polar surface area (TPSA) is 59.1 Å². The minimum atomic E-state index is -3.90. The first kappa shape index (κ1) is 16.6. The van der Waals surface area contributed by atoms with Gasteiger partial charge >= 0.3 is 0 Å². The van der Waals surface area contributed by atoms with Crippen molar-refractivity contribution in [3.63, 3.8) is 0 Å². The van der Waals surface area contributed by atoms with E-state index in [1.807, 2.05) is 0 Å². The number of nitrogens with one attached hydrogen (secondary N) is 1. The van der Waals surface area contributed by atoms with Gasteiger partial charge in [0.1, 0.15) is 10.0 Å². The molecule has 4 nitrogen and oxygen atoms in total. The quantitative estimate of drug-likeness (QED) is 0.771. The first-order valence-corrected chi connectivity index (χ1v) is 8.50. The molecule has 0 bridgehead atoms. The van der Waals surface area contributed by atoms with Gasteiger partial charge < -0.3 is 0 Å². The summed E-state index contributed by atoms with van der Waals surface area (Å²) in [4.78, 5) is 3.56. The number of nitrogens with zero attached hydrogens (tertiary/aromatic N) is 1. The van der Waals surface area contributed by atoms with Crippen LogP contribution in [0.1, 0.15) is 5.56 Å². The van der Waals surface area contributed by atoms with Crippen molar-refractivity contribution < 1.29 is 8.42 Å². The summed E-state index contributed by atoms with van der Waals surface area (Å²) in [6.07, 6.45) is 1.10. The summed E-state index contributed by atoms with van der Waals surface area (Å²) in [7, 11) is -3.90. The third-order valence-corrected chi connectivity index (χ3v) is 5.31. The molecule has 0 fully saturated rings. The largest absolute Gasteiger partial charge is 0.278 e. The predicted octanol–water partition coefficient (Wildman–Crippen LogP) is 4.80. The van der Waals surface area contributed by atoms with E-state index in [-0.39, 0.29) is 25.8 Å². The van der Waals surface area contributed by atoms with Crippen LogP contribution in [0.4, 0.5) is 5.69 Å². The van der Waals surface area contributed by atoms with Crippen LogP contribution in [0.2, 0.25) is 20.2 Å². The van der Waals surface area contributed by atoms with Gasteiger partial charge in [0.25, 0.3) is 10.0 Å². The van der Waals surface area contributed by atoms with Gasteiger partial charge in [0.05, 0.1) is 15.7 Å². The Kier molecular flexibility index (Phi) is 4.90. The summed E-state index contributed by atoms with van der Waals surface area (Å²) in [5, 5.41) is 0.678. The van der Waals surface area contributed by atoms with Gasteiger partial charge in [-0.2, -0.15) is 0 Å². The van der Waals surface area contributed by atoms with Gasteiger partial charge in [-0.25, -0.2) is 13.4 Å². The second-order valence-corrected chi connectivity index (χ2v) is 7.39. The van der Waals surface area contributed by atoms with Crippen molar-refractivity contribution in [2.75, 3.05) is 4.72 Å². The van der Waals surface area contributed by atoms with Crippen LogP contribution in [0.15, 0.2) is 29.3 Å². The van der Waals surface area contributed by atoms with E-state index in [1.165, 1.54) is 12.1 Å². The lowest BCUT2D eigenvalue weighted by atomic mass is 10.2. The highest BCUT2D eigenvalue weighted by molar-refractivity contribution is 7.92. The third-order valence-electron chi connectivity index (χ3n) is 2.57. The van der Waals surface area contributed by atoms with Crippen LogP contribution in [-0.2, 0) is 10.0 Å². The molecule has 0 spiro atoms. The van der Waals surface area contributed by atoms with Crippen molar-refractivity contribution in [1.82, 2.24) is 4.98 Å². The zero-order chi connectivity index (χ0) is 15.8. The van der Waals surface area contributed by atoms with Crippen LogP contribution >= 0.6 is 46.4 Å². The van der Waals surface area contributed by atoms with Crippen molar-refractivity contribution in [2.24, 2.45) is 0 Å². The Labute approximate surface area is 142 Å². The van der Waals surface area contributed by atoms with Gasteiger partial charge in [-0.1, -0.05) is 46.4 Å². The highest BCUT2D eigenvalue weighted by Gasteiger charge is 2.18. The zero-order valence-corrected chi connectivity index (χ0v) is 14.3. The maximum atomic E-state index is 12.3. The smallest absolute Gasteiger partial charge is 0.263 e. The average Bonchev–Trinajstić information content (AvgIpc) is 2.39. The minimum Gasteiger partial charge on any atom is -0.278 e. The van der Waals surface area contributed by atoms with Crippen LogP contribution in [0.3, 0.4) is 0 Å². The van der Waals surface area contributed by atoms with E-state index >= 15 is 0 Å². The molecule has 0 saturated carbocycles. The number of aryl methyl sites for hydroxylation is 1. The molecule has 0 aliphatic heterocycles. The van der Waals surface area contributed by atoms with E-state index in [9.17, 15) is 8.42 Å². The molecule has 1 aromatic carbocycles. The molecule has 0 saturated heterocycles. The Hall–Kier alpha value is -0.720. The number of benzene rings is 1. The van der Waals surface area contributed by atoms with Crippen LogP contribution < -0.4 is 4.72 Å². The van der Waals surface area contributed by atoms with E-state index in [2.05, 4.69) is 9.71 Å². The van der Waals surface area contributed by atoms with E-state index in [4.69, 9.17) is 46.4 Å². The van der Waals surface area contributed by atoms with Crippen LogP contribution in [-0.4, -0.2) is 13.4 Å². The zero-order valence-electron chi connectivity index (χ0n) is 10.5. The van der Waals surface area contributed by atoms with Gasteiger partial charge in [0.2, 0.25) is 0 Å². The molecule has 0 aliphatic carbocycles. The fourth-order valence-corrected chi connectivity index (χ4v) is 3.34. The highest BCUT2D eigenvalue weighted by atomic mass is 35.5. The van der Waals surface area contributed by atoms with Gasteiger partial charge in [0.15, 0.2) is 0 Å². The average molecular weight is 386 g/mol. The van der Waals surface area contributed by atoms with Crippen molar-refractivity contribution >= 4 is 62.1 Å². The van der Waals surface area contributed by atoms with Crippen molar-refractivity contribution in [3.05, 3.63) is 50.2 Å². The summed E-state index contributed by atoms with van der Waals surface area (Å²) in [6, 6.07) is 4.19. The van der Waals surface area contributed by atoms with E-state index in [1.54, 1.807) is 13.0 Å². The molecule has 0 radical (unpaired) electrons. The predicted molar refractivity (Wildman–Crippen MR) is 86.3 cm³/mol. The lowest BCUT2D eigenvalue weighted by Gasteiger charge is -2.11. The molecule has 21 heavy (non-hydrogen) atoms. The molecule has 0 atom stereocenters. The third kappa shape index (κ3) is 3.73. The normalized spacial score (nSPS) is 11.5. The summed E-state index contributed by atoms with van der Waals surface area (Å²) in [6.45, 7) is 1.76. The fourth-order valence-electron chi connectivity index (χ4n) is 1.48. The van der Waals surface area contributed by atoms with Crippen LogP contribution in [0.5, 0.6) is 0 Å². The number of halogens is 4.